The Bertz CT molecular complexity index is 891. The van der Waals surface area contributed by atoms with E-state index in [-0.39, 0.29) is 11.7 Å². The minimum Gasteiger partial charge on any atom is -0.367 e. The standard InChI is InChI=1S/C19H22N4O/c1-14(15-6-3-2-4-7-15)23-17-9-5-8-16(18(17)21-19(23)24)22-12-10-20-11-13-22/h2-9,14,20H,10-13H2,1H3,(H,21,24). The van der Waals surface area contributed by atoms with E-state index in [2.05, 4.69) is 40.3 Å². The van der Waals surface area contributed by atoms with Crippen LogP contribution in [0.15, 0.2) is 53.3 Å². The Morgan fingerprint density at radius 2 is 1.75 bits per heavy atom. The van der Waals surface area contributed by atoms with Crippen LogP contribution in [0.2, 0.25) is 0 Å². The topological polar surface area (TPSA) is 53.1 Å². The average Bonchev–Trinajstić information content (AvgIpc) is 2.98. The molecule has 0 aliphatic carbocycles. The molecule has 0 spiro atoms. The zero-order valence-corrected chi connectivity index (χ0v) is 13.8. The van der Waals surface area contributed by atoms with Crippen LogP contribution >= 0.6 is 0 Å². The molecule has 24 heavy (non-hydrogen) atoms. The van der Waals surface area contributed by atoms with Crippen molar-refractivity contribution in [1.82, 2.24) is 14.9 Å². The number of anilines is 1. The molecule has 1 aromatic heterocycles. The number of benzene rings is 2. The molecule has 1 aliphatic heterocycles. The summed E-state index contributed by atoms with van der Waals surface area (Å²) in [6.45, 7) is 5.94. The van der Waals surface area contributed by atoms with Gasteiger partial charge in [-0.25, -0.2) is 4.79 Å². The van der Waals surface area contributed by atoms with E-state index in [9.17, 15) is 4.79 Å². The smallest absolute Gasteiger partial charge is 0.327 e. The third-order valence-electron chi connectivity index (χ3n) is 4.86. The predicted octanol–water partition coefficient (Wildman–Crippen LogP) is 2.35. The van der Waals surface area contributed by atoms with Crippen LogP contribution in [0.5, 0.6) is 0 Å². The van der Waals surface area contributed by atoms with Crippen LogP contribution in [0.3, 0.4) is 0 Å². The minimum atomic E-state index is -0.0519. The van der Waals surface area contributed by atoms with Gasteiger partial charge in [0.05, 0.1) is 22.8 Å². The van der Waals surface area contributed by atoms with Crippen LogP contribution in [-0.2, 0) is 0 Å². The number of nitrogens with zero attached hydrogens (tertiary/aromatic N) is 2. The van der Waals surface area contributed by atoms with E-state index in [0.717, 1.165) is 48.5 Å². The average molecular weight is 322 g/mol. The third-order valence-corrected chi connectivity index (χ3v) is 4.86. The molecule has 124 valence electrons. The Morgan fingerprint density at radius 3 is 2.50 bits per heavy atom. The third kappa shape index (κ3) is 2.51. The predicted molar refractivity (Wildman–Crippen MR) is 97.9 cm³/mol. The summed E-state index contributed by atoms with van der Waals surface area (Å²) in [5, 5.41) is 3.37. The van der Waals surface area contributed by atoms with Gasteiger partial charge in [0.25, 0.3) is 0 Å². The van der Waals surface area contributed by atoms with Crippen molar-refractivity contribution in [2.75, 3.05) is 31.1 Å². The Hall–Kier alpha value is -2.53. The van der Waals surface area contributed by atoms with E-state index in [0.29, 0.717) is 0 Å². The van der Waals surface area contributed by atoms with Gasteiger partial charge in [0.15, 0.2) is 0 Å². The second-order valence-corrected chi connectivity index (χ2v) is 6.30. The highest BCUT2D eigenvalue weighted by molar-refractivity contribution is 5.89. The first-order valence-corrected chi connectivity index (χ1v) is 8.49. The highest BCUT2D eigenvalue weighted by Crippen LogP contribution is 2.28. The van der Waals surface area contributed by atoms with Crippen molar-refractivity contribution in [2.45, 2.75) is 13.0 Å². The number of imidazole rings is 1. The number of piperazine rings is 1. The summed E-state index contributed by atoms with van der Waals surface area (Å²) < 4.78 is 1.86. The van der Waals surface area contributed by atoms with Gasteiger partial charge in [-0.1, -0.05) is 36.4 Å². The fraction of sp³-hybridized carbons (Fsp3) is 0.316. The molecular weight excluding hydrogens is 300 g/mol. The molecule has 5 nitrogen and oxygen atoms in total. The molecule has 1 atom stereocenters. The van der Waals surface area contributed by atoms with Gasteiger partial charge in [-0.3, -0.25) is 4.57 Å². The molecule has 3 aromatic rings. The first-order chi connectivity index (χ1) is 11.8. The molecule has 2 heterocycles. The van der Waals surface area contributed by atoms with E-state index in [1.165, 1.54) is 0 Å². The van der Waals surface area contributed by atoms with Gasteiger partial charge in [-0.05, 0) is 24.6 Å². The molecule has 5 heteroatoms. The lowest BCUT2D eigenvalue weighted by Crippen LogP contribution is -2.43. The van der Waals surface area contributed by atoms with Crippen molar-refractivity contribution < 1.29 is 0 Å². The summed E-state index contributed by atoms with van der Waals surface area (Å²) in [6, 6.07) is 16.3. The Morgan fingerprint density at radius 1 is 1.00 bits per heavy atom. The number of nitrogens with one attached hydrogen (secondary N) is 2. The fourth-order valence-electron chi connectivity index (χ4n) is 3.57. The number of rotatable bonds is 3. The van der Waals surface area contributed by atoms with Gasteiger partial charge >= 0.3 is 5.69 Å². The number of aromatic nitrogens is 2. The van der Waals surface area contributed by atoms with E-state index < -0.39 is 0 Å². The number of hydrogen-bond donors (Lipinski definition) is 2. The molecule has 0 bridgehead atoms. The van der Waals surface area contributed by atoms with Gasteiger partial charge in [-0.2, -0.15) is 0 Å². The van der Waals surface area contributed by atoms with Crippen molar-refractivity contribution in [1.29, 1.82) is 0 Å². The molecule has 0 saturated carbocycles. The number of aromatic amines is 1. The summed E-state index contributed by atoms with van der Waals surface area (Å²) in [5.41, 5.74) is 4.10. The van der Waals surface area contributed by atoms with Crippen molar-refractivity contribution in [3.8, 4) is 0 Å². The van der Waals surface area contributed by atoms with Gasteiger partial charge in [0.1, 0.15) is 0 Å². The molecule has 2 N–H and O–H groups in total. The maximum Gasteiger partial charge on any atom is 0.327 e. The van der Waals surface area contributed by atoms with E-state index >= 15 is 0 Å². The van der Waals surface area contributed by atoms with E-state index in [1.54, 1.807) is 0 Å². The molecule has 0 amide bonds. The van der Waals surface area contributed by atoms with Crippen LogP contribution in [0.1, 0.15) is 18.5 Å². The number of H-pyrrole nitrogens is 1. The zero-order valence-electron chi connectivity index (χ0n) is 13.8. The largest absolute Gasteiger partial charge is 0.367 e. The van der Waals surface area contributed by atoms with Gasteiger partial charge in [0, 0.05) is 26.2 Å². The lowest BCUT2D eigenvalue weighted by Gasteiger charge is -2.29. The van der Waals surface area contributed by atoms with Crippen molar-refractivity contribution >= 4 is 16.7 Å². The summed E-state index contributed by atoms with van der Waals surface area (Å²) in [4.78, 5) is 18.1. The molecular formula is C19H22N4O. The molecule has 0 radical (unpaired) electrons. The zero-order chi connectivity index (χ0) is 16.5. The number of fused-ring (bicyclic) bond motifs is 1. The van der Waals surface area contributed by atoms with Crippen LogP contribution < -0.4 is 15.9 Å². The Kier molecular flexibility index (Phi) is 3.86. The first-order valence-electron chi connectivity index (χ1n) is 8.49. The molecule has 4 rings (SSSR count). The first kappa shape index (κ1) is 15.0. The second-order valence-electron chi connectivity index (χ2n) is 6.30. The highest BCUT2D eigenvalue weighted by atomic mass is 16.1. The maximum atomic E-state index is 12.7. The van der Waals surface area contributed by atoms with E-state index in [4.69, 9.17) is 0 Å². The summed E-state index contributed by atoms with van der Waals surface area (Å²) in [7, 11) is 0. The van der Waals surface area contributed by atoms with Crippen molar-refractivity contribution in [2.24, 2.45) is 0 Å². The van der Waals surface area contributed by atoms with Gasteiger partial charge < -0.3 is 15.2 Å². The summed E-state index contributed by atoms with van der Waals surface area (Å²) in [5.74, 6) is 0. The number of hydrogen-bond acceptors (Lipinski definition) is 3. The maximum absolute atomic E-state index is 12.7. The lowest BCUT2D eigenvalue weighted by atomic mass is 10.1. The van der Waals surface area contributed by atoms with Crippen LogP contribution in [-0.4, -0.2) is 35.7 Å². The van der Waals surface area contributed by atoms with Gasteiger partial charge in [-0.15, -0.1) is 0 Å². The highest BCUT2D eigenvalue weighted by Gasteiger charge is 2.19. The second kappa shape index (κ2) is 6.17. The van der Waals surface area contributed by atoms with Gasteiger partial charge in [0.2, 0.25) is 0 Å². The quantitative estimate of drug-likeness (QED) is 0.778. The summed E-state index contributed by atoms with van der Waals surface area (Å²) in [6.07, 6.45) is 0. The fourth-order valence-corrected chi connectivity index (χ4v) is 3.57. The lowest BCUT2D eigenvalue weighted by molar-refractivity contribution is 0.590. The normalized spacial score (nSPS) is 16.5. The monoisotopic (exact) mass is 322 g/mol. The van der Waals surface area contributed by atoms with Crippen molar-refractivity contribution in [3.05, 3.63) is 64.6 Å². The molecule has 1 aliphatic rings. The SMILES string of the molecule is CC(c1ccccc1)n1c(=O)[nH]c2c(N3CCNCC3)cccc21. The molecule has 1 saturated heterocycles. The Balaban J connectivity index is 1.83. The molecule has 2 aromatic carbocycles. The van der Waals surface area contributed by atoms with E-state index in [1.807, 2.05) is 34.9 Å². The summed E-state index contributed by atoms with van der Waals surface area (Å²) >= 11 is 0. The van der Waals surface area contributed by atoms with Crippen LogP contribution in [0.25, 0.3) is 11.0 Å². The number of para-hydroxylation sites is 1. The molecule has 1 fully saturated rings. The molecule has 1 unspecified atom stereocenters. The minimum absolute atomic E-state index is 0.00859. The Labute approximate surface area is 140 Å². The van der Waals surface area contributed by atoms with Crippen molar-refractivity contribution in [3.63, 3.8) is 0 Å². The van der Waals surface area contributed by atoms with Crippen LogP contribution in [0.4, 0.5) is 5.69 Å². The van der Waals surface area contributed by atoms with Crippen LogP contribution in [0, 0.1) is 0 Å².